The number of rotatable bonds is 5. The Morgan fingerprint density at radius 1 is 1.32 bits per heavy atom. The van der Waals surface area contributed by atoms with Gasteiger partial charge in [0.05, 0.1) is 0 Å². The van der Waals surface area contributed by atoms with E-state index in [2.05, 4.69) is 45.7 Å². The molecule has 3 heteroatoms. The van der Waals surface area contributed by atoms with Gasteiger partial charge in [-0.2, -0.15) is 0 Å². The van der Waals surface area contributed by atoms with E-state index in [0.29, 0.717) is 0 Å². The van der Waals surface area contributed by atoms with E-state index < -0.39 is 0 Å². The molecule has 0 radical (unpaired) electrons. The molecule has 1 aromatic carbocycles. The maximum atomic E-state index is 6.12. The van der Waals surface area contributed by atoms with E-state index in [1.165, 1.54) is 11.3 Å². The van der Waals surface area contributed by atoms with Gasteiger partial charge in [-0.3, -0.25) is 0 Å². The van der Waals surface area contributed by atoms with Gasteiger partial charge in [-0.05, 0) is 42.0 Å². The minimum atomic E-state index is 0.195. The van der Waals surface area contributed by atoms with Crippen LogP contribution < -0.4 is 10.6 Å². The lowest BCUT2D eigenvalue weighted by Gasteiger charge is -2.30. The largest absolute Gasteiger partial charge is 0.374 e. The van der Waals surface area contributed by atoms with E-state index in [-0.39, 0.29) is 11.5 Å². The molecule has 0 saturated carbocycles. The van der Waals surface area contributed by atoms with Crippen LogP contribution in [0.5, 0.6) is 0 Å². The lowest BCUT2D eigenvalue weighted by Crippen LogP contribution is -2.30. The molecule has 0 fully saturated rings. The summed E-state index contributed by atoms with van der Waals surface area (Å²) in [6.07, 6.45) is 1.86. The normalized spacial score (nSPS) is 13.4. The molecule has 108 valence electrons. The number of hydrogen-bond donors (Lipinski definition) is 1. The van der Waals surface area contributed by atoms with Gasteiger partial charge >= 0.3 is 0 Å². The Kier molecular flexibility index (Phi) is 5.69. The van der Waals surface area contributed by atoms with E-state index in [4.69, 9.17) is 17.3 Å². The topological polar surface area (TPSA) is 29.3 Å². The summed E-state index contributed by atoms with van der Waals surface area (Å²) in [6, 6.07) is 6.30. The number of hydrogen-bond acceptors (Lipinski definition) is 2. The molecule has 19 heavy (non-hydrogen) atoms. The van der Waals surface area contributed by atoms with Gasteiger partial charge in [-0.1, -0.05) is 39.3 Å². The monoisotopic (exact) mass is 282 g/mol. The van der Waals surface area contributed by atoms with Gasteiger partial charge in [0, 0.05) is 30.3 Å². The number of anilines is 1. The van der Waals surface area contributed by atoms with Gasteiger partial charge in [0.2, 0.25) is 0 Å². The Hall–Kier alpha value is -0.730. The summed E-state index contributed by atoms with van der Waals surface area (Å²) in [7, 11) is 2.13. The summed E-state index contributed by atoms with van der Waals surface area (Å²) in [5.41, 5.74) is 8.84. The van der Waals surface area contributed by atoms with Gasteiger partial charge in [0.25, 0.3) is 0 Å². The molecule has 0 saturated heterocycles. The van der Waals surface area contributed by atoms with E-state index in [9.17, 15) is 0 Å². The second-order valence-corrected chi connectivity index (χ2v) is 7.00. The smallest absolute Gasteiger partial charge is 0.0410 e. The van der Waals surface area contributed by atoms with E-state index in [0.717, 1.165) is 24.4 Å². The fourth-order valence-electron chi connectivity index (χ4n) is 2.31. The summed E-state index contributed by atoms with van der Waals surface area (Å²) < 4.78 is 0. The molecule has 0 amide bonds. The van der Waals surface area contributed by atoms with Crippen LogP contribution in [-0.4, -0.2) is 19.6 Å². The predicted octanol–water partition coefficient (Wildman–Crippen LogP) is 4.10. The molecule has 0 aliphatic carbocycles. The molecule has 1 aromatic rings. The molecule has 1 unspecified atom stereocenters. The standard InChI is InChI=1S/C16H27ClN2/c1-6-14(18)10-12-9-13(17)7-8-15(12)19(5)11-16(2,3)4/h7-9,14H,6,10-11,18H2,1-5H3. The van der Waals surface area contributed by atoms with Crippen LogP contribution in [-0.2, 0) is 6.42 Å². The minimum absolute atomic E-state index is 0.195. The number of nitrogens with zero attached hydrogens (tertiary/aromatic N) is 1. The maximum Gasteiger partial charge on any atom is 0.0410 e. The lowest BCUT2D eigenvalue weighted by atomic mass is 9.95. The molecule has 0 bridgehead atoms. The minimum Gasteiger partial charge on any atom is -0.374 e. The van der Waals surface area contributed by atoms with Crippen molar-refractivity contribution >= 4 is 17.3 Å². The van der Waals surface area contributed by atoms with Crippen LogP contribution in [0.2, 0.25) is 5.02 Å². The van der Waals surface area contributed by atoms with Crippen molar-refractivity contribution in [2.24, 2.45) is 11.1 Å². The third kappa shape index (κ3) is 5.42. The molecule has 2 N–H and O–H groups in total. The molecule has 1 rings (SSSR count). The highest BCUT2D eigenvalue weighted by Crippen LogP contribution is 2.27. The van der Waals surface area contributed by atoms with Crippen LogP contribution in [0.1, 0.15) is 39.7 Å². The van der Waals surface area contributed by atoms with Crippen molar-refractivity contribution in [2.75, 3.05) is 18.5 Å². The summed E-state index contributed by atoms with van der Waals surface area (Å²) in [5.74, 6) is 0. The average Bonchev–Trinajstić information content (AvgIpc) is 2.26. The molecular weight excluding hydrogens is 256 g/mol. The Bertz CT molecular complexity index is 410. The van der Waals surface area contributed by atoms with Gasteiger partial charge in [-0.25, -0.2) is 0 Å². The average molecular weight is 283 g/mol. The second-order valence-electron chi connectivity index (χ2n) is 6.56. The fourth-order valence-corrected chi connectivity index (χ4v) is 2.51. The van der Waals surface area contributed by atoms with E-state index >= 15 is 0 Å². The zero-order valence-electron chi connectivity index (χ0n) is 12.8. The summed E-state index contributed by atoms with van der Waals surface area (Å²) in [5, 5.41) is 0.784. The van der Waals surface area contributed by atoms with Crippen LogP contribution in [0.15, 0.2) is 18.2 Å². The third-order valence-corrected chi connectivity index (χ3v) is 3.41. The van der Waals surface area contributed by atoms with Gasteiger partial charge in [-0.15, -0.1) is 0 Å². The second kappa shape index (κ2) is 6.62. The van der Waals surface area contributed by atoms with Gasteiger partial charge < -0.3 is 10.6 Å². The number of benzene rings is 1. The van der Waals surface area contributed by atoms with Gasteiger partial charge in [0.15, 0.2) is 0 Å². The van der Waals surface area contributed by atoms with Crippen molar-refractivity contribution in [3.8, 4) is 0 Å². The number of halogens is 1. The van der Waals surface area contributed by atoms with E-state index in [1.54, 1.807) is 0 Å². The van der Waals surface area contributed by atoms with Crippen LogP contribution in [0.4, 0.5) is 5.69 Å². The van der Waals surface area contributed by atoms with Crippen molar-refractivity contribution in [3.05, 3.63) is 28.8 Å². The third-order valence-electron chi connectivity index (χ3n) is 3.17. The molecule has 0 aromatic heterocycles. The first kappa shape index (κ1) is 16.3. The molecule has 0 aliphatic rings. The van der Waals surface area contributed by atoms with Crippen molar-refractivity contribution in [1.82, 2.24) is 0 Å². The Balaban J connectivity index is 2.98. The quantitative estimate of drug-likeness (QED) is 0.881. The molecular formula is C16H27ClN2. The highest BCUT2D eigenvalue weighted by molar-refractivity contribution is 6.30. The zero-order chi connectivity index (χ0) is 14.6. The summed E-state index contributed by atoms with van der Waals surface area (Å²) >= 11 is 6.12. The molecule has 2 nitrogen and oxygen atoms in total. The first-order valence-corrected chi connectivity index (χ1v) is 7.36. The first-order chi connectivity index (χ1) is 8.73. The summed E-state index contributed by atoms with van der Waals surface area (Å²) in [6.45, 7) is 9.86. The Morgan fingerprint density at radius 3 is 2.47 bits per heavy atom. The molecule has 0 spiro atoms. The van der Waals surface area contributed by atoms with Crippen molar-refractivity contribution < 1.29 is 0 Å². The SMILES string of the molecule is CCC(N)Cc1cc(Cl)ccc1N(C)CC(C)(C)C. The highest BCUT2D eigenvalue weighted by Gasteiger charge is 2.17. The molecule has 0 heterocycles. The van der Waals surface area contributed by atoms with Crippen LogP contribution in [0.25, 0.3) is 0 Å². The Morgan fingerprint density at radius 2 is 1.95 bits per heavy atom. The number of nitrogens with two attached hydrogens (primary N) is 1. The Labute approximate surface area is 122 Å². The van der Waals surface area contributed by atoms with Crippen LogP contribution >= 0.6 is 11.6 Å². The maximum absolute atomic E-state index is 6.12. The van der Waals surface area contributed by atoms with Gasteiger partial charge in [0.1, 0.15) is 0 Å². The summed E-state index contributed by atoms with van der Waals surface area (Å²) in [4.78, 5) is 2.30. The van der Waals surface area contributed by atoms with Crippen LogP contribution in [0, 0.1) is 5.41 Å². The molecule has 1 atom stereocenters. The zero-order valence-corrected chi connectivity index (χ0v) is 13.6. The van der Waals surface area contributed by atoms with E-state index in [1.807, 2.05) is 12.1 Å². The predicted molar refractivity (Wildman–Crippen MR) is 86.1 cm³/mol. The fraction of sp³-hybridized carbons (Fsp3) is 0.625. The van der Waals surface area contributed by atoms with Crippen molar-refractivity contribution in [2.45, 2.75) is 46.6 Å². The van der Waals surface area contributed by atoms with Crippen LogP contribution in [0.3, 0.4) is 0 Å². The van der Waals surface area contributed by atoms with Crippen molar-refractivity contribution in [1.29, 1.82) is 0 Å². The molecule has 0 aliphatic heterocycles. The highest BCUT2D eigenvalue weighted by atomic mass is 35.5. The first-order valence-electron chi connectivity index (χ1n) is 6.98. The van der Waals surface area contributed by atoms with Crippen molar-refractivity contribution in [3.63, 3.8) is 0 Å². The lowest BCUT2D eigenvalue weighted by molar-refractivity contribution is 0.418.